The lowest BCUT2D eigenvalue weighted by Gasteiger charge is -2.44. The molecule has 14 heteroatoms. The first-order valence-electron chi connectivity index (χ1n) is 17.1. The summed E-state index contributed by atoms with van der Waals surface area (Å²) >= 11 is 6.78. The monoisotopic (exact) mass is 802 g/mol. The van der Waals surface area contributed by atoms with Crippen molar-refractivity contribution in [2.24, 2.45) is 0 Å². The molecular weight excluding hydrogens is 760 g/mol. The van der Waals surface area contributed by atoms with Crippen molar-refractivity contribution in [3.63, 3.8) is 0 Å². The number of nitrogens with one attached hydrogen (secondary N) is 2. The fourth-order valence-corrected chi connectivity index (χ4v) is 9.01. The number of esters is 1. The van der Waals surface area contributed by atoms with Gasteiger partial charge in [-0.3, -0.25) is 14.5 Å². The summed E-state index contributed by atoms with van der Waals surface area (Å²) in [4.78, 5) is 60.9. The molecule has 4 heterocycles. The molecule has 0 spiro atoms. The summed E-state index contributed by atoms with van der Waals surface area (Å²) in [6.45, 7) is 3.34. The Labute approximate surface area is 303 Å². The third-order valence-corrected chi connectivity index (χ3v) is 11.6. The molecule has 0 aliphatic carbocycles. The summed E-state index contributed by atoms with van der Waals surface area (Å²) in [5.74, 6) is -0.288. The largest absolute Gasteiger partial charge is 0.506 e. The van der Waals surface area contributed by atoms with E-state index in [4.69, 9.17) is 4.74 Å². The summed E-state index contributed by atoms with van der Waals surface area (Å²) in [6, 6.07) is 9.99. The van der Waals surface area contributed by atoms with Crippen LogP contribution in [0.5, 0.6) is 5.75 Å². The van der Waals surface area contributed by atoms with E-state index in [0.29, 0.717) is 54.5 Å². The maximum Gasteiger partial charge on any atom is 0.323 e. The number of piperidine rings is 3. The number of nitrogens with zero attached hydrogens (tertiary/aromatic N) is 4. The van der Waals surface area contributed by atoms with Crippen molar-refractivity contribution in [1.29, 1.82) is 0 Å². The molecule has 264 valence electrons. The number of phenols is 1. The molecule has 12 nitrogen and oxygen atoms in total. The number of carbonyl (C=O) groups excluding carboxylic acids is 4. The van der Waals surface area contributed by atoms with Crippen LogP contribution in [0.3, 0.4) is 0 Å². The fraction of sp³-hybridized carbons (Fsp3) is 0.543. The van der Waals surface area contributed by atoms with Gasteiger partial charge in [-0.25, -0.2) is 9.59 Å². The smallest absolute Gasteiger partial charge is 0.323 e. The van der Waals surface area contributed by atoms with E-state index in [9.17, 15) is 24.3 Å². The zero-order chi connectivity index (χ0) is 34.7. The highest BCUT2D eigenvalue weighted by Gasteiger charge is 2.38. The number of para-hydroxylation sites is 1. The molecule has 5 amide bonds. The van der Waals surface area contributed by atoms with Gasteiger partial charge in [0.15, 0.2) is 0 Å². The number of carbonyl (C=O) groups is 4. The van der Waals surface area contributed by atoms with Gasteiger partial charge >= 0.3 is 18.0 Å². The average molecular weight is 805 g/mol. The Hall–Kier alpha value is -3.36. The number of fused-ring (bicyclic) bond motifs is 1. The van der Waals surface area contributed by atoms with Crippen molar-refractivity contribution in [2.75, 3.05) is 45.2 Å². The highest BCUT2D eigenvalue weighted by molar-refractivity contribution is 9.11. The van der Waals surface area contributed by atoms with Crippen LogP contribution in [0.25, 0.3) is 0 Å². The number of benzene rings is 2. The van der Waals surface area contributed by atoms with E-state index in [-0.39, 0.29) is 54.2 Å². The average Bonchev–Trinajstić information content (AvgIpc) is 3.12. The normalized spacial score (nSPS) is 21.5. The van der Waals surface area contributed by atoms with E-state index in [0.717, 1.165) is 55.5 Å². The van der Waals surface area contributed by atoms with Gasteiger partial charge in [0.1, 0.15) is 17.8 Å². The third kappa shape index (κ3) is 8.01. The zero-order valence-electron chi connectivity index (χ0n) is 27.7. The molecule has 4 aliphatic rings. The Morgan fingerprint density at radius 3 is 2.29 bits per heavy atom. The molecule has 3 N–H and O–H groups in total. The lowest BCUT2D eigenvalue weighted by atomic mass is 9.94. The molecule has 49 heavy (non-hydrogen) atoms. The predicted octanol–water partition coefficient (Wildman–Crippen LogP) is 5.07. The van der Waals surface area contributed by atoms with Gasteiger partial charge in [-0.2, -0.15) is 0 Å². The van der Waals surface area contributed by atoms with Crippen LogP contribution in [0.15, 0.2) is 45.3 Å². The number of hydrogen-bond acceptors (Lipinski definition) is 7. The molecule has 0 radical (unpaired) electrons. The second-order valence-corrected chi connectivity index (χ2v) is 15.1. The van der Waals surface area contributed by atoms with Gasteiger partial charge in [0.25, 0.3) is 0 Å². The molecule has 2 atom stereocenters. The molecule has 2 aromatic rings. The Balaban J connectivity index is 1.10. The standard InChI is InChI=1S/C35H44Br2N6O6/c1-49-33(46)30-8-4-5-13-42(30)24-9-14-40(15-10-24)32(45)29(20-22-18-26(36)31(44)27(37)19-22)39-34(47)41-16-11-25(12-17-41)43-21-23-6-2-3-7-28(23)38-35(43)48/h2-3,6-7,18-19,24-25,29-30,44H,4-5,8-17,20-21H2,1H3,(H,38,48)(H,39,47)/t29-,30-/m1/s1. The summed E-state index contributed by atoms with van der Waals surface area (Å²) in [5, 5.41) is 16.3. The van der Waals surface area contributed by atoms with Crippen molar-refractivity contribution < 1.29 is 29.0 Å². The molecule has 0 bridgehead atoms. The van der Waals surface area contributed by atoms with Gasteiger partial charge in [0.05, 0.1) is 16.1 Å². The highest BCUT2D eigenvalue weighted by Crippen LogP contribution is 2.34. The van der Waals surface area contributed by atoms with Gasteiger partial charge in [0.2, 0.25) is 5.91 Å². The van der Waals surface area contributed by atoms with Crippen LogP contribution in [0, 0.1) is 0 Å². The minimum absolute atomic E-state index is 0.00140. The number of hydrogen-bond donors (Lipinski definition) is 3. The summed E-state index contributed by atoms with van der Waals surface area (Å²) in [7, 11) is 1.44. The maximum atomic E-state index is 14.1. The number of rotatable bonds is 7. The Morgan fingerprint density at radius 1 is 0.939 bits per heavy atom. The zero-order valence-corrected chi connectivity index (χ0v) is 30.9. The molecular formula is C35H44Br2N6O6. The minimum atomic E-state index is -0.827. The van der Waals surface area contributed by atoms with Crippen LogP contribution in [0.1, 0.15) is 56.1 Å². The quantitative estimate of drug-likeness (QED) is 0.333. The maximum absolute atomic E-state index is 14.1. The molecule has 0 saturated carbocycles. The van der Waals surface area contributed by atoms with E-state index >= 15 is 0 Å². The van der Waals surface area contributed by atoms with Crippen LogP contribution >= 0.6 is 31.9 Å². The molecule has 6 rings (SSSR count). The molecule has 2 aromatic carbocycles. The van der Waals surface area contributed by atoms with E-state index in [2.05, 4.69) is 47.4 Å². The number of ether oxygens (including phenoxy) is 1. The third-order valence-electron chi connectivity index (χ3n) is 10.4. The molecule has 3 fully saturated rings. The summed E-state index contributed by atoms with van der Waals surface area (Å²) in [5.41, 5.74) is 2.68. The first kappa shape index (κ1) is 35.5. The fourth-order valence-electron chi connectivity index (χ4n) is 7.73. The summed E-state index contributed by atoms with van der Waals surface area (Å²) in [6.07, 6.45) is 5.80. The minimum Gasteiger partial charge on any atom is -0.506 e. The van der Waals surface area contributed by atoms with Crippen molar-refractivity contribution in [3.05, 3.63) is 56.5 Å². The van der Waals surface area contributed by atoms with E-state index in [1.165, 1.54) is 7.11 Å². The lowest BCUT2D eigenvalue weighted by Crippen LogP contribution is -2.58. The van der Waals surface area contributed by atoms with Gasteiger partial charge < -0.3 is 35.2 Å². The first-order valence-corrected chi connectivity index (χ1v) is 18.7. The van der Waals surface area contributed by atoms with Crippen molar-refractivity contribution in [1.82, 2.24) is 24.9 Å². The molecule has 3 saturated heterocycles. The lowest BCUT2D eigenvalue weighted by molar-refractivity contribution is -0.150. The predicted molar refractivity (Wildman–Crippen MR) is 191 cm³/mol. The van der Waals surface area contributed by atoms with E-state index < -0.39 is 6.04 Å². The van der Waals surface area contributed by atoms with Crippen LogP contribution < -0.4 is 10.6 Å². The summed E-state index contributed by atoms with van der Waals surface area (Å²) < 4.78 is 6.07. The van der Waals surface area contributed by atoms with Crippen molar-refractivity contribution >= 4 is 61.5 Å². The Morgan fingerprint density at radius 2 is 1.59 bits per heavy atom. The number of likely N-dealkylation sites (tertiary alicyclic amines) is 3. The number of methoxy groups -OCH3 is 1. The van der Waals surface area contributed by atoms with Gasteiger partial charge in [-0.1, -0.05) is 24.6 Å². The molecule has 0 aromatic heterocycles. The first-order chi connectivity index (χ1) is 23.6. The number of amides is 5. The van der Waals surface area contributed by atoms with Crippen molar-refractivity contribution in [3.8, 4) is 5.75 Å². The van der Waals surface area contributed by atoms with Crippen molar-refractivity contribution in [2.45, 2.75) is 82.1 Å². The van der Waals surface area contributed by atoms with Gasteiger partial charge in [0, 0.05) is 56.9 Å². The number of urea groups is 2. The number of aromatic hydroxyl groups is 1. The molecule has 0 unspecified atom stereocenters. The molecule has 4 aliphatic heterocycles. The number of phenolic OH excluding ortho intramolecular Hbond substituents is 1. The second kappa shape index (κ2) is 15.7. The van der Waals surface area contributed by atoms with E-state index in [1.54, 1.807) is 17.0 Å². The van der Waals surface area contributed by atoms with Gasteiger partial charge in [-0.15, -0.1) is 0 Å². The SMILES string of the molecule is COC(=O)[C@H]1CCCCN1C1CCN(C(=O)[C@@H](Cc2cc(Br)c(O)c(Br)c2)NC(=O)N2CCC(N3Cc4ccccc4NC3=O)CC2)CC1. The van der Waals surface area contributed by atoms with Gasteiger partial charge in [-0.05, 0) is 106 Å². The number of anilines is 1. The van der Waals surface area contributed by atoms with Crippen LogP contribution in [-0.4, -0.2) is 113 Å². The van der Waals surface area contributed by atoms with E-state index in [1.807, 2.05) is 34.1 Å². The Kier molecular flexibility index (Phi) is 11.3. The van der Waals surface area contributed by atoms with Crippen LogP contribution in [0.2, 0.25) is 0 Å². The topological polar surface area (TPSA) is 135 Å². The highest BCUT2D eigenvalue weighted by atomic mass is 79.9. The number of halogens is 2. The van der Waals surface area contributed by atoms with Crippen LogP contribution in [-0.2, 0) is 27.3 Å². The Bertz CT molecular complexity index is 1540. The second-order valence-electron chi connectivity index (χ2n) is 13.4. The van der Waals surface area contributed by atoms with Crippen LogP contribution in [0.4, 0.5) is 15.3 Å².